The molecule has 0 aromatic heterocycles. The van der Waals surface area contributed by atoms with Crippen LogP contribution in [-0.4, -0.2) is 12.6 Å². The zero-order valence-corrected chi connectivity index (χ0v) is 12.0. The van der Waals surface area contributed by atoms with Gasteiger partial charge in [0.1, 0.15) is 0 Å². The molecule has 0 aliphatic rings. The van der Waals surface area contributed by atoms with Crippen molar-refractivity contribution in [1.82, 2.24) is 0 Å². The predicted molar refractivity (Wildman–Crippen MR) is 68.3 cm³/mol. The van der Waals surface area contributed by atoms with Crippen LogP contribution in [0.3, 0.4) is 0 Å². The van der Waals surface area contributed by atoms with Crippen LogP contribution in [0.5, 0.6) is 0 Å². The summed E-state index contributed by atoms with van der Waals surface area (Å²) < 4.78 is 5.24. The Labute approximate surface area is 101 Å². The second-order valence-corrected chi connectivity index (χ2v) is 6.18. The number of carbonyl (C=O) groups excluding carboxylic acids is 1. The molecule has 0 aliphatic heterocycles. The van der Waals surface area contributed by atoms with E-state index in [0.717, 1.165) is 12.8 Å². The number of esters is 1. The SMILES string of the molecule is CCOC(=O)C(C)(CC(C)(C)C)C(C)CC. The summed E-state index contributed by atoms with van der Waals surface area (Å²) in [5.41, 5.74) is -0.214. The summed E-state index contributed by atoms with van der Waals surface area (Å²) in [5, 5.41) is 0. The Bertz CT molecular complexity index is 227. The van der Waals surface area contributed by atoms with E-state index in [2.05, 4.69) is 34.6 Å². The van der Waals surface area contributed by atoms with Gasteiger partial charge in [-0.05, 0) is 31.6 Å². The molecule has 0 N–H and O–H groups in total. The van der Waals surface area contributed by atoms with E-state index in [1.54, 1.807) is 0 Å². The fraction of sp³-hybridized carbons (Fsp3) is 0.929. The first-order valence-corrected chi connectivity index (χ1v) is 6.34. The molecule has 0 aromatic rings. The maximum atomic E-state index is 12.1. The molecule has 0 aromatic carbocycles. The Morgan fingerprint density at radius 1 is 1.19 bits per heavy atom. The standard InChI is InChI=1S/C14H28O2/c1-8-11(3)14(7,10-13(4,5)6)12(15)16-9-2/h11H,8-10H2,1-7H3. The zero-order valence-electron chi connectivity index (χ0n) is 12.0. The third-order valence-electron chi connectivity index (χ3n) is 3.34. The van der Waals surface area contributed by atoms with E-state index in [0.29, 0.717) is 12.5 Å². The van der Waals surface area contributed by atoms with Crippen LogP contribution in [0.2, 0.25) is 0 Å². The summed E-state index contributed by atoms with van der Waals surface area (Å²) in [6.07, 6.45) is 1.87. The maximum absolute atomic E-state index is 12.1. The molecule has 0 saturated heterocycles. The second kappa shape index (κ2) is 5.70. The van der Waals surface area contributed by atoms with E-state index < -0.39 is 0 Å². The average molecular weight is 228 g/mol. The van der Waals surface area contributed by atoms with Crippen molar-refractivity contribution in [1.29, 1.82) is 0 Å². The Morgan fingerprint density at radius 2 is 1.69 bits per heavy atom. The van der Waals surface area contributed by atoms with Gasteiger partial charge in [-0.15, -0.1) is 0 Å². The molecule has 96 valence electrons. The van der Waals surface area contributed by atoms with Gasteiger partial charge in [-0.1, -0.05) is 41.0 Å². The smallest absolute Gasteiger partial charge is 0.312 e. The van der Waals surface area contributed by atoms with Gasteiger partial charge in [0.05, 0.1) is 12.0 Å². The minimum absolute atomic E-state index is 0.0423. The van der Waals surface area contributed by atoms with E-state index in [1.165, 1.54) is 0 Å². The van der Waals surface area contributed by atoms with Crippen molar-refractivity contribution in [3.63, 3.8) is 0 Å². The lowest BCUT2D eigenvalue weighted by molar-refractivity contribution is -0.160. The summed E-state index contributed by atoms with van der Waals surface area (Å²) in [7, 11) is 0. The molecule has 0 radical (unpaired) electrons. The van der Waals surface area contributed by atoms with Gasteiger partial charge in [-0.3, -0.25) is 4.79 Å². The number of ether oxygens (including phenoxy) is 1. The first kappa shape index (κ1) is 15.5. The van der Waals surface area contributed by atoms with E-state index >= 15 is 0 Å². The molecule has 2 nitrogen and oxygen atoms in total. The lowest BCUT2D eigenvalue weighted by atomic mass is 9.67. The van der Waals surface area contributed by atoms with Gasteiger partial charge in [-0.25, -0.2) is 0 Å². The van der Waals surface area contributed by atoms with Crippen LogP contribution in [-0.2, 0) is 9.53 Å². The molecule has 0 rings (SSSR count). The van der Waals surface area contributed by atoms with Crippen molar-refractivity contribution in [3.8, 4) is 0 Å². The number of rotatable bonds is 5. The Kier molecular flexibility index (Phi) is 5.51. The summed E-state index contributed by atoms with van der Waals surface area (Å²) >= 11 is 0. The lowest BCUT2D eigenvalue weighted by Gasteiger charge is -2.37. The quantitative estimate of drug-likeness (QED) is 0.664. The first-order valence-electron chi connectivity index (χ1n) is 6.34. The Balaban J connectivity index is 4.95. The monoisotopic (exact) mass is 228 g/mol. The van der Waals surface area contributed by atoms with Crippen LogP contribution in [0, 0.1) is 16.7 Å². The van der Waals surface area contributed by atoms with Crippen LogP contribution < -0.4 is 0 Å². The van der Waals surface area contributed by atoms with Crippen LogP contribution in [0.1, 0.15) is 61.3 Å². The molecule has 0 saturated carbocycles. The van der Waals surface area contributed by atoms with Crippen LogP contribution in [0.15, 0.2) is 0 Å². The van der Waals surface area contributed by atoms with Crippen LogP contribution >= 0.6 is 0 Å². The summed E-state index contributed by atoms with van der Waals surface area (Å²) in [4.78, 5) is 12.1. The van der Waals surface area contributed by atoms with Crippen LogP contribution in [0.4, 0.5) is 0 Å². The minimum atomic E-state index is -0.358. The summed E-state index contributed by atoms with van der Waals surface area (Å²) in [6, 6.07) is 0. The van der Waals surface area contributed by atoms with Crippen molar-refractivity contribution >= 4 is 5.97 Å². The molecule has 2 unspecified atom stereocenters. The highest BCUT2D eigenvalue weighted by molar-refractivity contribution is 5.76. The minimum Gasteiger partial charge on any atom is -0.466 e. The summed E-state index contributed by atoms with van der Waals surface area (Å²) in [6.45, 7) is 15.2. The molecule has 0 fully saturated rings. The molecule has 2 heteroatoms. The number of hydrogen-bond donors (Lipinski definition) is 0. The van der Waals surface area contributed by atoms with E-state index in [9.17, 15) is 4.79 Å². The van der Waals surface area contributed by atoms with E-state index in [1.807, 2.05) is 13.8 Å². The van der Waals surface area contributed by atoms with Gasteiger partial charge in [0.2, 0.25) is 0 Å². The van der Waals surface area contributed by atoms with Crippen molar-refractivity contribution in [2.24, 2.45) is 16.7 Å². The fourth-order valence-corrected chi connectivity index (χ4v) is 2.30. The average Bonchev–Trinajstić information content (AvgIpc) is 2.14. The van der Waals surface area contributed by atoms with Crippen molar-refractivity contribution in [3.05, 3.63) is 0 Å². The molecule has 0 heterocycles. The first-order chi connectivity index (χ1) is 7.17. The highest BCUT2D eigenvalue weighted by Gasteiger charge is 2.42. The maximum Gasteiger partial charge on any atom is 0.312 e. The highest BCUT2D eigenvalue weighted by atomic mass is 16.5. The molecular weight excluding hydrogens is 200 g/mol. The summed E-state index contributed by atoms with van der Waals surface area (Å²) in [5.74, 6) is 0.310. The third kappa shape index (κ3) is 4.15. The molecule has 16 heavy (non-hydrogen) atoms. The van der Waals surface area contributed by atoms with Gasteiger partial charge in [0, 0.05) is 0 Å². The predicted octanol–water partition coefficient (Wildman–Crippen LogP) is 4.04. The normalized spacial score (nSPS) is 17.7. The molecule has 2 atom stereocenters. The van der Waals surface area contributed by atoms with Gasteiger partial charge >= 0.3 is 5.97 Å². The van der Waals surface area contributed by atoms with Crippen molar-refractivity contribution in [2.75, 3.05) is 6.61 Å². The lowest BCUT2D eigenvalue weighted by Crippen LogP contribution is -2.39. The number of carbonyl (C=O) groups is 1. The van der Waals surface area contributed by atoms with E-state index in [-0.39, 0.29) is 16.8 Å². The third-order valence-corrected chi connectivity index (χ3v) is 3.34. The molecular formula is C14H28O2. The van der Waals surface area contributed by atoms with Crippen molar-refractivity contribution < 1.29 is 9.53 Å². The van der Waals surface area contributed by atoms with Crippen LogP contribution in [0.25, 0.3) is 0 Å². The molecule has 0 bridgehead atoms. The van der Waals surface area contributed by atoms with Gasteiger partial charge < -0.3 is 4.74 Å². The zero-order chi connectivity index (χ0) is 13.0. The van der Waals surface area contributed by atoms with Crippen molar-refractivity contribution in [2.45, 2.75) is 61.3 Å². The molecule has 0 spiro atoms. The Morgan fingerprint density at radius 3 is 2.00 bits per heavy atom. The Hall–Kier alpha value is -0.530. The second-order valence-electron chi connectivity index (χ2n) is 6.18. The van der Waals surface area contributed by atoms with Gasteiger partial charge in [-0.2, -0.15) is 0 Å². The number of hydrogen-bond acceptors (Lipinski definition) is 2. The topological polar surface area (TPSA) is 26.3 Å². The van der Waals surface area contributed by atoms with Gasteiger partial charge in [0.15, 0.2) is 0 Å². The largest absolute Gasteiger partial charge is 0.466 e. The van der Waals surface area contributed by atoms with E-state index in [4.69, 9.17) is 4.74 Å². The highest BCUT2D eigenvalue weighted by Crippen LogP contribution is 2.41. The molecule has 0 amide bonds. The fourth-order valence-electron chi connectivity index (χ4n) is 2.30. The molecule has 0 aliphatic carbocycles. The van der Waals surface area contributed by atoms with Gasteiger partial charge in [0.25, 0.3) is 0 Å².